The van der Waals surface area contributed by atoms with Crippen LogP contribution in [0.1, 0.15) is 32.1 Å². The van der Waals surface area contributed by atoms with Crippen molar-refractivity contribution in [3.63, 3.8) is 0 Å². The summed E-state index contributed by atoms with van der Waals surface area (Å²) in [4.78, 5) is 0. The van der Waals surface area contributed by atoms with E-state index >= 15 is 0 Å². The van der Waals surface area contributed by atoms with Crippen molar-refractivity contribution in [1.29, 1.82) is 0 Å². The fourth-order valence-corrected chi connectivity index (χ4v) is 9.41. The molecule has 4 rings (SSSR count). The summed E-state index contributed by atoms with van der Waals surface area (Å²) in [6.07, 6.45) is 6.67. The summed E-state index contributed by atoms with van der Waals surface area (Å²) < 4.78 is 8.84. The molecule has 0 aromatic rings. The van der Waals surface area contributed by atoms with Crippen LogP contribution in [0.4, 0.5) is 0 Å². The number of rotatable bonds is 0. The number of nitrogens with zero attached hydrogens (tertiary/aromatic N) is 2. The van der Waals surface area contributed by atoms with E-state index in [9.17, 15) is 0 Å². The van der Waals surface area contributed by atoms with Crippen molar-refractivity contribution >= 4 is 22.0 Å². The van der Waals surface area contributed by atoms with Crippen LogP contribution in [0.25, 0.3) is 0 Å². The molecule has 1 aliphatic carbocycles. The van der Waals surface area contributed by atoms with Gasteiger partial charge in [0.15, 0.2) is 0 Å². The normalized spacial score (nSPS) is 49.8. The van der Waals surface area contributed by atoms with Gasteiger partial charge in [0.05, 0.1) is 0 Å². The molecule has 6 heteroatoms. The van der Waals surface area contributed by atoms with Crippen molar-refractivity contribution in [2.24, 2.45) is 0 Å². The van der Waals surface area contributed by atoms with E-state index in [1.54, 1.807) is 0 Å². The predicted molar refractivity (Wildman–Crippen MR) is 58.1 cm³/mol. The molecule has 0 aromatic heterocycles. The summed E-state index contributed by atoms with van der Waals surface area (Å²) in [5.74, 6) is 0. The summed E-state index contributed by atoms with van der Waals surface area (Å²) >= 11 is -1.47. The van der Waals surface area contributed by atoms with Gasteiger partial charge in [-0.2, -0.15) is 0 Å². The van der Waals surface area contributed by atoms with E-state index in [0.717, 1.165) is 0 Å². The van der Waals surface area contributed by atoms with Crippen LogP contribution in [0.15, 0.2) is 0 Å². The molecule has 2 atom stereocenters. The quantitative estimate of drug-likeness (QED) is 0.571. The van der Waals surface area contributed by atoms with Crippen molar-refractivity contribution in [2.75, 3.05) is 6.54 Å². The molecule has 0 radical (unpaired) electrons. The average Bonchev–Trinajstić information content (AvgIpc) is 2.43. The molecular formula is C9H18InN5. The van der Waals surface area contributed by atoms with E-state index in [-0.39, 0.29) is 5.66 Å². The topological polar surface area (TPSA) is 42.6 Å². The molecule has 3 heterocycles. The van der Waals surface area contributed by atoms with E-state index in [4.69, 9.17) is 0 Å². The summed E-state index contributed by atoms with van der Waals surface area (Å²) in [6.45, 7) is 1.24. The maximum atomic E-state index is 3.71. The Bertz CT molecular complexity index is 309. The van der Waals surface area contributed by atoms with Crippen LogP contribution in [0.5, 0.6) is 0 Å². The molecule has 3 saturated heterocycles. The van der Waals surface area contributed by atoms with Crippen molar-refractivity contribution in [1.82, 2.24) is 22.4 Å². The first-order chi connectivity index (χ1) is 7.23. The Morgan fingerprint density at radius 2 is 2.07 bits per heavy atom. The van der Waals surface area contributed by atoms with Gasteiger partial charge in [-0.05, 0) is 0 Å². The molecule has 4 fully saturated rings. The average molecular weight is 311 g/mol. The van der Waals surface area contributed by atoms with Gasteiger partial charge in [-0.3, -0.25) is 0 Å². The zero-order valence-corrected chi connectivity index (χ0v) is 12.5. The third-order valence-corrected chi connectivity index (χ3v) is 10.1. The maximum absolute atomic E-state index is 3.71. The number of hydrogen-bond acceptors (Lipinski definition) is 5. The zero-order chi connectivity index (χ0) is 10.1. The van der Waals surface area contributed by atoms with Crippen LogP contribution >= 0.6 is 0 Å². The Labute approximate surface area is 98.8 Å². The van der Waals surface area contributed by atoms with Crippen LogP contribution in [-0.4, -0.2) is 47.9 Å². The molecule has 0 amide bonds. The van der Waals surface area contributed by atoms with Crippen molar-refractivity contribution in [3.05, 3.63) is 0 Å². The summed E-state index contributed by atoms with van der Waals surface area (Å²) in [5, 5.41) is 2.43. The van der Waals surface area contributed by atoms with E-state index < -0.39 is 22.0 Å². The van der Waals surface area contributed by atoms with E-state index in [0.29, 0.717) is 5.54 Å². The molecule has 3 aliphatic heterocycles. The Balaban J connectivity index is 1.76. The molecule has 3 N–H and O–H groups in total. The summed E-state index contributed by atoms with van der Waals surface area (Å²) in [7, 11) is 0. The molecule has 2 unspecified atom stereocenters. The minimum absolute atomic E-state index is 0.207. The van der Waals surface area contributed by atoms with Crippen LogP contribution < -0.4 is 14.3 Å². The van der Waals surface area contributed by atoms with E-state index in [1.807, 2.05) is 0 Å². The number of fused-ring (bicyclic) bond motifs is 1. The molecule has 82 valence electrons. The fourth-order valence-electron chi connectivity index (χ4n) is 3.81. The predicted octanol–water partition coefficient (Wildman–Crippen LogP) is -0.338. The van der Waals surface area contributed by atoms with Crippen molar-refractivity contribution < 1.29 is 0 Å². The van der Waals surface area contributed by atoms with Crippen LogP contribution in [-0.2, 0) is 0 Å². The third-order valence-electron chi connectivity index (χ3n) is 4.57. The van der Waals surface area contributed by atoms with E-state index in [1.165, 1.54) is 38.6 Å². The first-order valence-electron chi connectivity index (χ1n) is 6.11. The molecule has 5 nitrogen and oxygen atoms in total. The molecule has 15 heavy (non-hydrogen) atoms. The Hall–Kier alpha value is 0.670. The second-order valence-corrected chi connectivity index (χ2v) is 12.0. The van der Waals surface area contributed by atoms with Gasteiger partial charge in [0, 0.05) is 0 Å². The van der Waals surface area contributed by atoms with Gasteiger partial charge >= 0.3 is 98.9 Å². The second-order valence-electron chi connectivity index (χ2n) is 5.66. The zero-order valence-electron chi connectivity index (χ0n) is 9.21. The number of nitrogens with one attached hydrogen (secondary N) is 3. The summed E-state index contributed by atoms with van der Waals surface area (Å²) in [5.41, 5.74) is 7.78. The monoisotopic (exact) mass is 311 g/mol. The van der Waals surface area contributed by atoms with Gasteiger partial charge in [0.2, 0.25) is 0 Å². The van der Waals surface area contributed by atoms with Crippen LogP contribution in [0.3, 0.4) is 0 Å². The second kappa shape index (κ2) is 2.91. The van der Waals surface area contributed by atoms with Gasteiger partial charge in [0.25, 0.3) is 0 Å². The minimum atomic E-state index is -1.47. The van der Waals surface area contributed by atoms with Gasteiger partial charge in [-0.25, -0.2) is 0 Å². The van der Waals surface area contributed by atoms with Crippen molar-refractivity contribution in [3.8, 4) is 0 Å². The molecule has 4 aliphatic rings. The first-order valence-corrected chi connectivity index (χ1v) is 12.5. The molecule has 2 bridgehead atoms. The standard InChI is InChI=1S/C8H15N5.CH3.In/c9-13-8-4-2-1-3-7(5-8,6-10-13)11-12-8;;/h9,11-12H,1-6H2;1H3;/q-2;;+2. The fraction of sp³-hybridized carbons (Fsp3) is 1.00. The third kappa shape index (κ3) is 1.13. The van der Waals surface area contributed by atoms with Gasteiger partial charge in [-0.1, -0.05) is 0 Å². The SMILES string of the molecule is [CH3][In]1[NH]N2[N]1CC13CCCCC2(C1)NN3. The summed E-state index contributed by atoms with van der Waals surface area (Å²) in [6, 6.07) is 0. The van der Waals surface area contributed by atoms with E-state index in [2.05, 4.69) is 27.1 Å². The van der Waals surface area contributed by atoms with Gasteiger partial charge < -0.3 is 0 Å². The molecule has 0 spiro atoms. The number of hydrogen-bond donors (Lipinski definition) is 3. The van der Waals surface area contributed by atoms with Gasteiger partial charge in [0.1, 0.15) is 0 Å². The number of hydrazine groups is 3. The van der Waals surface area contributed by atoms with Crippen molar-refractivity contribution in [2.45, 2.75) is 48.0 Å². The van der Waals surface area contributed by atoms with Crippen LogP contribution in [0, 0.1) is 0 Å². The van der Waals surface area contributed by atoms with Crippen LogP contribution in [0.2, 0.25) is 4.68 Å². The van der Waals surface area contributed by atoms with Gasteiger partial charge in [-0.15, -0.1) is 0 Å². The Morgan fingerprint density at radius 1 is 1.20 bits per heavy atom. The molecular weight excluding hydrogens is 293 g/mol. The molecule has 1 saturated carbocycles. The first kappa shape index (κ1) is 9.67. The molecule has 0 aromatic carbocycles. The Morgan fingerprint density at radius 3 is 2.93 bits per heavy atom. The Kier molecular flexibility index (Phi) is 1.88.